The number of anilines is 1. The topological polar surface area (TPSA) is 54.0 Å². The van der Waals surface area contributed by atoms with Crippen LogP contribution in [0.15, 0.2) is 72.1 Å². The largest absolute Gasteiger partial charge is 0.308 e. The second kappa shape index (κ2) is 7.88. The van der Waals surface area contributed by atoms with Gasteiger partial charge in [0.1, 0.15) is 0 Å². The van der Waals surface area contributed by atoms with Crippen molar-refractivity contribution in [2.75, 3.05) is 5.32 Å². The number of hydrogen-bond donors (Lipinski definition) is 2. The summed E-state index contributed by atoms with van der Waals surface area (Å²) in [6.45, 7) is 1.98. The molecule has 0 aliphatic heterocycles. The van der Waals surface area contributed by atoms with Gasteiger partial charge in [0, 0.05) is 16.5 Å². The van der Waals surface area contributed by atoms with Gasteiger partial charge in [0.2, 0.25) is 0 Å². The van der Waals surface area contributed by atoms with E-state index >= 15 is 0 Å². The number of nitrogens with zero attached hydrogens (tertiary/aromatic N) is 1. The molecule has 0 aliphatic carbocycles. The molecule has 0 aliphatic rings. The second-order valence-corrected chi connectivity index (χ2v) is 7.61. The predicted molar refractivity (Wildman–Crippen MR) is 120 cm³/mol. The van der Waals surface area contributed by atoms with Gasteiger partial charge in [-0.05, 0) is 42.0 Å². The lowest BCUT2D eigenvalue weighted by molar-refractivity contribution is 0.0977. The summed E-state index contributed by atoms with van der Waals surface area (Å²) in [5.74, 6) is -0.247. The van der Waals surface area contributed by atoms with E-state index in [0.717, 1.165) is 22.2 Å². The van der Waals surface area contributed by atoms with E-state index in [1.165, 1.54) is 16.7 Å². The summed E-state index contributed by atoms with van der Waals surface area (Å²) in [5, 5.41) is 10.9. The molecule has 0 unspecified atom stereocenters. The molecular formula is C22H17N3OS2. The Hall–Kier alpha value is -3.09. The van der Waals surface area contributed by atoms with E-state index in [-0.39, 0.29) is 11.0 Å². The first-order chi connectivity index (χ1) is 13.6. The first-order valence-corrected chi connectivity index (χ1v) is 10.0. The van der Waals surface area contributed by atoms with Crippen molar-refractivity contribution in [1.82, 2.24) is 10.3 Å². The van der Waals surface area contributed by atoms with Crippen molar-refractivity contribution < 1.29 is 4.79 Å². The Morgan fingerprint density at radius 3 is 2.57 bits per heavy atom. The van der Waals surface area contributed by atoms with E-state index < -0.39 is 0 Å². The Labute approximate surface area is 172 Å². The Balaban J connectivity index is 1.48. The fraction of sp³-hybridized carbons (Fsp3) is 0.0455. The van der Waals surface area contributed by atoms with Gasteiger partial charge in [0.15, 0.2) is 10.2 Å². The van der Waals surface area contributed by atoms with Crippen LogP contribution in [0.3, 0.4) is 0 Å². The highest BCUT2D eigenvalue weighted by Crippen LogP contribution is 2.30. The molecule has 6 heteroatoms. The second-order valence-electron chi connectivity index (χ2n) is 6.34. The predicted octanol–water partition coefficient (Wildman–Crippen LogP) is 5.40. The minimum atomic E-state index is -0.247. The Bertz CT molecular complexity index is 1160. The van der Waals surface area contributed by atoms with E-state index in [2.05, 4.69) is 39.9 Å². The number of aromatic nitrogens is 1. The molecule has 3 aromatic carbocycles. The quantitative estimate of drug-likeness (QED) is 0.450. The number of amides is 1. The average molecular weight is 404 g/mol. The number of rotatable bonds is 3. The maximum atomic E-state index is 12.3. The van der Waals surface area contributed by atoms with Crippen molar-refractivity contribution in [3.63, 3.8) is 0 Å². The molecule has 0 fully saturated rings. The first-order valence-electron chi connectivity index (χ1n) is 8.73. The van der Waals surface area contributed by atoms with Gasteiger partial charge in [-0.1, -0.05) is 60.2 Å². The maximum Gasteiger partial charge on any atom is 0.257 e. The number of aryl methyl sites for hydroxylation is 1. The zero-order chi connectivity index (χ0) is 19.5. The smallest absolute Gasteiger partial charge is 0.257 e. The molecule has 0 saturated heterocycles. The fourth-order valence-electron chi connectivity index (χ4n) is 2.91. The van der Waals surface area contributed by atoms with Gasteiger partial charge in [-0.25, -0.2) is 4.98 Å². The minimum absolute atomic E-state index is 0.226. The average Bonchev–Trinajstić information content (AvgIpc) is 3.16. The molecule has 28 heavy (non-hydrogen) atoms. The van der Waals surface area contributed by atoms with Gasteiger partial charge in [0.05, 0.1) is 5.69 Å². The van der Waals surface area contributed by atoms with Crippen LogP contribution in [0, 0.1) is 6.92 Å². The van der Waals surface area contributed by atoms with E-state index in [1.807, 2.05) is 42.6 Å². The lowest BCUT2D eigenvalue weighted by Crippen LogP contribution is -2.34. The van der Waals surface area contributed by atoms with Gasteiger partial charge < -0.3 is 5.32 Å². The minimum Gasteiger partial charge on any atom is -0.308 e. The van der Waals surface area contributed by atoms with Crippen LogP contribution >= 0.6 is 23.6 Å². The molecule has 1 amide bonds. The standard InChI is InChI=1S/C22H17N3OS2/c1-14-9-11-16(12-10-14)20(26)24-21(27)25-22-23-19(13-28-22)18-8-4-6-15-5-2-3-7-17(15)18/h2-13H,1H3,(H2,23,24,25,26,27). The van der Waals surface area contributed by atoms with Crippen LogP contribution in [0.4, 0.5) is 5.13 Å². The maximum absolute atomic E-state index is 12.3. The highest BCUT2D eigenvalue weighted by molar-refractivity contribution is 7.80. The SMILES string of the molecule is Cc1ccc(C(=O)NC(=S)Nc2nc(-c3cccc4ccccc34)cs2)cc1. The van der Waals surface area contributed by atoms with Crippen LogP contribution in [0.2, 0.25) is 0 Å². The van der Waals surface area contributed by atoms with Crippen molar-refractivity contribution in [2.24, 2.45) is 0 Å². The normalized spacial score (nSPS) is 10.6. The molecule has 138 valence electrons. The highest BCUT2D eigenvalue weighted by Gasteiger charge is 2.11. The number of thiocarbonyl (C=S) groups is 1. The summed E-state index contributed by atoms with van der Waals surface area (Å²) in [7, 11) is 0. The Morgan fingerprint density at radius 2 is 1.75 bits per heavy atom. The number of carbonyl (C=O) groups is 1. The summed E-state index contributed by atoms with van der Waals surface area (Å²) in [4.78, 5) is 16.9. The van der Waals surface area contributed by atoms with Crippen molar-refractivity contribution >= 4 is 50.5 Å². The summed E-state index contributed by atoms with van der Waals surface area (Å²) < 4.78 is 0. The summed E-state index contributed by atoms with van der Waals surface area (Å²) in [6.07, 6.45) is 0. The lowest BCUT2D eigenvalue weighted by Gasteiger charge is -2.07. The molecule has 2 N–H and O–H groups in total. The summed E-state index contributed by atoms with van der Waals surface area (Å²) in [5.41, 5.74) is 3.60. The summed E-state index contributed by atoms with van der Waals surface area (Å²) in [6, 6.07) is 21.7. The van der Waals surface area contributed by atoms with Gasteiger partial charge in [0.25, 0.3) is 5.91 Å². The van der Waals surface area contributed by atoms with Gasteiger partial charge in [-0.3, -0.25) is 10.1 Å². The van der Waals surface area contributed by atoms with Crippen molar-refractivity contribution in [3.05, 3.63) is 83.2 Å². The zero-order valence-electron chi connectivity index (χ0n) is 15.1. The molecule has 4 nitrogen and oxygen atoms in total. The molecular weight excluding hydrogens is 386 g/mol. The molecule has 0 atom stereocenters. The van der Waals surface area contributed by atoms with Crippen LogP contribution < -0.4 is 10.6 Å². The monoisotopic (exact) mass is 403 g/mol. The van der Waals surface area contributed by atoms with E-state index in [9.17, 15) is 4.79 Å². The molecule has 1 aromatic heterocycles. The van der Waals surface area contributed by atoms with Crippen molar-refractivity contribution in [1.29, 1.82) is 0 Å². The Kier molecular flexibility index (Phi) is 5.14. The third kappa shape index (κ3) is 3.93. The first kappa shape index (κ1) is 18.3. The van der Waals surface area contributed by atoms with Crippen LogP contribution in [0.25, 0.3) is 22.0 Å². The zero-order valence-corrected chi connectivity index (χ0v) is 16.7. The number of carbonyl (C=O) groups excluding carboxylic acids is 1. The fourth-order valence-corrected chi connectivity index (χ4v) is 3.88. The Morgan fingerprint density at radius 1 is 1.00 bits per heavy atom. The van der Waals surface area contributed by atoms with E-state index in [0.29, 0.717) is 10.7 Å². The molecule has 4 rings (SSSR count). The molecule has 0 bridgehead atoms. The van der Waals surface area contributed by atoms with Gasteiger partial charge in [-0.15, -0.1) is 11.3 Å². The molecule has 0 saturated carbocycles. The van der Waals surface area contributed by atoms with E-state index in [1.54, 1.807) is 12.1 Å². The van der Waals surface area contributed by atoms with Crippen molar-refractivity contribution in [2.45, 2.75) is 6.92 Å². The number of hydrogen-bond acceptors (Lipinski definition) is 4. The van der Waals surface area contributed by atoms with E-state index in [4.69, 9.17) is 12.2 Å². The highest BCUT2D eigenvalue weighted by atomic mass is 32.1. The molecule has 4 aromatic rings. The molecule has 1 heterocycles. The molecule has 0 radical (unpaired) electrons. The van der Waals surface area contributed by atoms with Crippen LogP contribution in [-0.4, -0.2) is 16.0 Å². The van der Waals surface area contributed by atoms with Crippen LogP contribution in [0.5, 0.6) is 0 Å². The van der Waals surface area contributed by atoms with Crippen molar-refractivity contribution in [3.8, 4) is 11.3 Å². The number of nitrogens with one attached hydrogen (secondary N) is 2. The van der Waals surface area contributed by atoms with Gasteiger partial charge >= 0.3 is 0 Å². The third-order valence-corrected chi connectivity index (χ3v) is 5.29. The number of benzene rings is 3. The lowest BCUT2D eigenvalue weighted by atomic mass is 10.0. The molecule has 0 spiro atoms. The third-order valence-electron chi connectivity index (χ3n) is 4.33. The van der Waals surface area contributed by atoms with Crippen LogP contribution in [0.1, 0.15) is 15.9 Å². The number of fused-ring (bicyclic) bond motifs is 1. The summed E-state index contributed by atoms with van der Waals surface area (Å²) >= 11 is 6.71. The van der Waals surface area contributed by atoms with Crippen LogP contribution in [-0.2, 0) is 0 Å². The number of thiazole rings is 1. The van der Waals surface area contributed by atoms with Gasteiger partial charge in [-0.2, -0.15) is 0 Å².